The molecule has 0 aliphatic heterocycles. The van der Waals surface area contributed by atoms with Crippen molar-refractivity contribution in [2.24, 2.45) is 0 Å². The van der Waals surface area contributed by atoms with Gasteiger partial charge in [0.05, 0.1) is 12.8 Å². The standard InChI is InChI=1S/C23H19F6N3O3S/c1-32(19-12-17(24)15(11-20(19)34-2)13-22(25,26)23(27,28)29)18-6-5-16(10-14(18)4-3-8-33)36-31-21-7-9-35-30-21/h3-12H,13H2,1-2H3,(H,30,31)/b4-3-. The molecule has 3 rings (SSSR count). The minimum Gasteiger partial charge on any atom is -0.495 e. The lowest BCUT2D eigenvalue weighted by atomic mass is 10.0. The molecule has 1 N–H and O–H groups in total. The molecule has 0 spiro atoms. The lowest BCUT2D eigenvalue weighted by Gasteiger charge is -2.26. The lowest BCUT2D eigenvalue weighted by molar-refractivity contribution is -0.281. The molecular weight excluding hydrogens is 512 g/mol. The van der Waals surface area contributed by atoms with Gasteiger partial charge in [0.25, 0.3) is 0 Å². The normalized spacial score (nSPS) is 12.1. The molecule has 0 atom stereocenters. The monoisotopic (exact) mass is 531 g/mol. The Morgan fingerprint density at radius 2 is 1.89 bits per heavy atom. The van der Waals surface area contributed by atoms with Gasteiger partial charge in [-0.2, -0.15) is 22.0 Å². The van der Waals surface area contributed by atoms with Crippen LogP contribution < -0.4 is 14.4 Å². The number of hydrogen-bond donors (Lipinski definition) is 1. The molecule has 0 saturated carbocycles. The fourth-order valence-corrected chi connectivity index (χ4v) is 3.82. The summed E-state index contributed by atoms with van der Waals surface area (Å²) in [5.74, 6) is -6.02. The Hall–Kier alpha value is -3.61. The number of ether oxygens (including phenoxy) is 1. The third kappa shape index (κ3) is 6.14. The van der Waals surface area contributed by atoms with E-state index in [9.17, 15) is 31.1 Å². The molecule has 1 aromatic heterocycles. The number of hydrogen-bond acceptors (Lipinski definition) is 7. The van der Waals surface area contributed by atoms with Gasteiger partial charge in [-0.15, -0.1) is 0 Å². The van der Waals surface area contributed by atoms with Crippen molar-refractivity contribution in [1.29, 1.82) is 0 Å². The Morgan fingerprint density at radius 3 is 2.50 bits per heavy atom. The van der Waals surface area contributed by atoms with Crippen LogP contribution in [0.1, 0.15) is 11.1 Å². The molecule has 1 heterocycles. The fourth-order valence-electron chi connectivity index (χ4n) is 3.17. The molecule has 0 saturated heterocycles. The molecule has 2 aromatic carbocycles. The average molecular weight is 531 g/mol. The minimum absolute atomic E-state index is 0.0657. The van der Waals surface area contributed by atoms with E-state index in [-0.39, 0.29) is 11.4 Å². The molecule has 13 heteroatoms. The molecular formula is C23H19F6N3O3S. The molecule has 192 valence electrons. The highest BCUT2D eigenvalue weighted by atomic mass is 32.2. The van der Waals surface area contributed by atoms with Crippen molar-refractivity contribution in [2.45, 2.75) is 23.4 Å². The average Bonchev–Trinajstić information content (AvgIpc) is 3.35. The van der Waals surface area contributed by atoms with Gasteiger partial charge >= 0.3 is 12.1 Å². The van der Waals surface area contributed by atoms with Gasteiger partial charge in [-0.1, -0.05) is 5.16 Å². The summed E-state index contributed by atoms with van der Waals surface area (Å²) in [7, 11) is 2.70. The third-order valence-corrected chi connectivity index (χ3v) is 5.76. The van der Waals surface area contributed by atoms with E-state index in [0.717, 1.165) is 12.1 Å². The van der Waals surface area contributed by atoms with Gasteiger partial charge in [-0.05, 0) is 59.5 Å². The van der Waals surface area contributed by atoms with Gasteiger partial charge in [0.15, 0.2) is 5.82 Å². The Kier molecular flexibility index (Phi) is 8.23. The first-order valence-electron chi connectivity index (χ1n) is 10.1. The lowest BCUT2D eigenvalue weighted by Crippen LogP contribution is -2.38. The number of anilines is 3. The number of carbonyl (C=O) groups is 1. The summed E-state index contributed by atoms with van der Waals surface area (Å²) in [5, 5.41) is 3.72. The second-order valence-electron chi connectivity index (χ2n) is 7.36. The number of alkyl halides is 5. The van der Waals surface area contributed by atoms with Crippen molar-refractivity contribution in [1.82, 2.24) is 5.16 Å². The van der Waals surface area contributed by atoms with Gasteiger partial charge in [-0.25, -0.2) is 4.39 Å². The maximum atomic E-state index is 14.7. The summed E-state index contributed by atoms with van der Waals surface area (Å²) in [5.41, 5.74) is 0.200. The molecule has 3 aromatic rings. The van der Waals surface area contributed by atoms with Gasteiger partial charge in [0.1, 0.15) is 24.1 Å². The number of allylic oxidation sites excluding steroid dienone is 1. The molecule has 0 radical (unpaired) electrons. The quantitative estimate of drug-likeness (QED) is 0.136. The Balaban J connectivity index is 1.96. The van der Waals surface area contributed by atoms with E-state index in [1.165, 1.54) is 49.4 Å². The highest BCUT2D eigenvalue weighted by Crippen LogP contribution is 2.42. The Morgan fingerprint density at radius 1 is 1.14 bits per heavy atom. The largest absolute Gasteiger partial charge is 0.495 e. The number of nitrogens with one attached hydrogen (secondary N) is 1. The van der Waals surface area contributed by atoms with Gasteiger partial charge in [-0.3, -0.25) is 4.79 Å². The van der Waals surface area contributed by atoms with Crippen LogP contribution in [0, 0.1) is 5.82 Å². The zero-order valence-corrected chi connectivity index (χ0v) is 19.6. The van der Waals surface area contributed by atoms with Crippen molar-refractivity contribution < 1.29 is 40.4 Å². The number of benzene rings is 2. The van der Waals surface area contributed by atoms with E-state index in [1.807, 2.05) is 0 Å². The van der Waals surface area contributed by atoms with E-state index in [0.29, 0.717) is 28.3 Å². The number of aldehydes is 1. The van der Waals surface area contributed by atoms with Crippen LogP contribution in [0.25, 0.3) is 6.08 Å². The number of carbonyl (C=O) groups excluding carboxylic acids is 1. The smallest absolute Gasteiger partial charge is 0.453 e. The summed E-state index contributed by atoms with van der Waals surface area (Å²) in [6.07, 6.45) is -3.01. The van der Waals surface area contributed by atoms with Crippen molar-refractivity contribution in [3.63, 3.8) is 0 Å². The molecule has 0 amide bonds. The number of aromatic nitrogens is 1. The minimum atomic E-state index is -5.83. The van der Waals surface area contributed by atoms with Crippen LogP contribution in [0.15, 0.2) is 58.2 Å². The predicted molar refractivity (Wildman–Crippen MR) is 123 cm³/mol. The van der Waals surface area contributed by atoms with Crippen LogP contribution in [-0.4, -0.2) is 37.7 Å². The number of nitrogens with zero attached hydrogens (tertiary/aromatic N) is 2. The van der Waals surface area contributed by atoms with Crippen LogP contribution in [-0.2, 0) is 11.2 Å². The highest BCUT2D eigenvalue weighted by molar-refractivity contribution is 8.00. The van der Waals surface area contributed by atoms with E-state index in [2.05, 4.69) is 9.88 Å². The van der Waals surface area contributed by atoms with Gasteiger partial charge in [0, 0.05) is 36.2 Å². The van der Waals surface area contributed by atoms with E-state index >= 15 is 0 Å². The molecule has 0 aliphatic carbocycles. The van der Waals surface area contributed by atoms with Crippen LogP contribution >= 0.6 is 11.9 Å². The van der Waals surface area contributed by atoms with Crippen LogP contribution in [0.3, 0.4) is 0 Å². The van der Waals surface area contributed by atoms with Crippen molar-refractivity contribution in [3.05, 3.63) is 65.7 Å². The third-order valence-electron chi connectivity index (χ3n) is 4.96. The Labute approximate surface area is 206 Å². The predicted octanol–water partition coefficient (Wildman–Crippen LogP) is 6.66. The SMILES string of the molecule is COc1cc(CC(F)(F)C(F)(F)F)c(F)cc1N(C)c1ccc(SNc2ccon2)cc1/C=C\C=O. The van der Waals surface area contributed by atoms with Crippen LogP contribution in [0.4, 0.5) is 43.5 Å². The van der Waals surface area contributed by atoms with Crippen LogP contribution in [0.5, 0.6) is 5.75 Å². The first-order chi connectivity index (χ1) is 17.0. The summed E-state index contributed by atoms with van der Waals surface area (Å²) in [6, 6.07) is 8.32. The first kappa shape index (κ1) is 27.0. The summed E-state index contributed by atoms with van der Waals surface area (Å²) in [6.45, 7) is 0. The number of rotatable bonds is 10. The summed E-state index contributed by atoms with van der Waals surface area (Å²) in [4.78, 5) is 13.1. The van der Waals surface area contributed by atoms with Crippen molar-refractivity contribution in [3.8, 4) is 5.75 Å². The van der Waals surface area contributed by atoms with E-state index in [4.69, 9.17) is 9.26 Å². The Bertz CT molecular complexity index is 1230. The second kappa shape index (κ2) is 11.0. The van der Waals surface area contributed by atoms with Crippen molar-refractivity contribution in [2.75, 3.05) is 23.8 Å². The van der Waals surface area contributed by atoms with E-state index in [1.54, 1.807) is 24.3 Å². The number of methoxy groups -OCH3 is 1. The zero-order chi connectivity index (χ0) is 26.5. The topological polar surface area (TPSA) is 67.6 Å². The molecule has 0 unspecified atom stereocenters. The van der Waals surface area contributed by atoms with Gasteiger partial charge in [0.2, 0.25) is 0 Å². The summed E-state index contributed by atoms with van der Waals surface area (Å²) >= 11 is 1.20. The first-order valence-corrected chi connectivity index (χ1v) is 10.9. The molecule has 36 heavy (non-hydrogen) atoms. The molecule has 0 bridgehead atoms. The number of halogens is 6. The maximum Gasteiger partial charge on any atom is 0.453 e. The van der Waals surface area contributed by atoms with Gasteiger partial charge < -0.3 is 18.9 Å². The zero-order valence-electron chi connectivity index (χ0n) is 18.8. The molecule has 0 fully saturated rings. The van der Waals surface area contributed by atoms with E-state index < -0.39 is 29.9 Å². The fraction of sp³-hybridized carbons (Fsp3) is 0.217. The molecule has 0 aliphatic rings. The second-order valence-corrected chi connectivity index (χ2v) is 8.24. The maximum absolute atomic E-state index is 14.7. The van der Waals surface area contributed by atoms with Crippen molar-refractivity contribution >= 4 is 41.5 Å². The molecule has 6 nitrogen and oxygen atoms in total. The van der Waals surface area contributed by atoms with Crippen LogP contribution in [0.2, 0.25) is 0 Å². The summed E-state index contributed by atoms with van der Waals surface area (Å²) < 4.78 is 92.5. The highest BCUT2D eigenvalue weighted by Gasteiger charge is 2.57.